The lowest BCUT2D eigenvalue weighted by atomic mass is 10.6. The molecule has 0 amide bonds. The molecule has 0 spiro atoms. The fourth-order valence-electron chi connectivity index (χ4n) is 0.327. The molecule has 8 heavy (non-hydrogen) atoms. The van der Waals surface area contributed by atoms with Crippen LogP contribution in [0.25, 0.3) is 4.98 Å². The Labute approximate surface area is 57.2 Å². The molecule has 0 radical (unpaired) electrons. The van der Waals surface area contributed by atoms with Gasteiger partial charge in [-0.2, -0.15) is 0 Å². The van der Waals surface area contributed by atoms with Crippen LogP contribution in [0, 0.1) is 5.39 Å². The number of hydrogen-bond acceptors (Lipinski definition) is 2. The molecule has 0 bridgehead atoms. The van der Waals surface area contributed by atoms with Crippen LogP contribution in [0.4, 0.5) is 5.00 Å². The standard InChI is InChI=1S/C4H3N2S.ClH/c5-6-4-2-1-3-7-4;/h1-3H;1H/q+1;/p-1. The second kappa shape index (κ2) is 3.42. The van der Waals surface area contributed by atoms with E-state index in [0.717, 1.165) is 0 Å². The molecule has 4 heteroatoms. The predicted octanol–water partition coefficient (Wildman–Crippen LogP) is -0.763. The van der Waals surface area contributed by atoms with Crippen molar-refractivity contribution < 1.29 is 12.4 Å². The van der Waals surface area contributed by atoms with Gasteiger partial charge in [0, 0.05) is 6.07 Å². The number of nitrogens with zero attached hydrogens (tertiary/aromatic N) is 2. The molecule has 0 unspecified atom stereocenters. The van der Waals surface area contributed by atoms with Gasteiger partial charge in [-0.05, 0) is 11.4 Å². The maximum Gasteiger partial charge on any atom is 0.440 e. The van der Waals surface area contributed by atoms with Crippen molar-refractivity contribution in [2.45, 2.75) is 0 Å². The number of halogens is 1. The molecule has 0 atom stereocenters. The van der Waals surface area contributed by atoms with Gasteiger partial charge in [0.25, 0.3) is 0 Å². The molecule has 0 saturated carbocycles. The Kier molecular flexibility index (Phi) is 3.16. The summed E-state index contributed by atoms with van der Waals surface area (Å²) in [5.74, 6) is 0. The smallest absolute Gasteiger partial charge is 0.440 e. The Bertz CT molecular complexity index is 176. The summed E-state index contributed by atoms with van der Waals surface area (Å²) in [5, 5.41) is 10.6. The monoisotopic (exact) mass is 146 g/mol. The Morgan fingerprint density at radius 1 is 1.62 bits per heavy atom. The largest absolute Gasteiger partial charge is 1.00 e. The van der Waals surface area contributed by atoms with E-state index in [-0.39, 0.29) is 12.4 Å². The molecule has 1 aromatic heterocycles. The highest BCUT2D eigenvalue weighted by atomic mass is 35.5. The normalized spacial score (nSPS) is 6.88. The van der Waals surface area contributed by atoms with Crippen molar-refractivity contribution in [3.05, 3.63) is 22.5 Å². The maximum atomic E-state index is 8.06. The molecule has 0 aliphatic carbocycles. The fraction of sp³-hybridized carbons (Fsp3) is 0. The molecule has 0 fully saturated rings. The highest BCUT2D eigenvalue weighted by molar-refractivity contribution is 7.14. The Morgan fingerprint density at radius 3 is 2.62 bits per heavy atom. The lowest BCUT2D eigenvalue weighted by molar-refractivity contribution is -0.00000157. The zero-order valence-electron chi connectivity index (χ0n) is 3.91. The molecule has 1 aromatic rings. The average Bonchev–Trinajstić information content (AvgIpc) is 2.14. The van der Waals surface area contributed by atoms with Crippen LogP contribution in [0.5, 0.6) is 0 Å². The molecule has 0 aliphatic heterocycles. The summed E-state index contributed by atoms with van der Waals surface area (Å²) in [5.41, 5.74) is 0. The van der Waals surface area contributed by atoms with Crippen molar-refractivity contribution in [1.82, 2.24) is 0 Å². The van der Waals surface area contributed by atoms with E-state index in [2.05, 4.69) is 4.98 Å². The molecule has 0 saturated heterocycles. The van der Waals surface area contributed by atoms with Gasteiger partial charge >= 0.3 is 5.00 Å². The van der Waals surface area contributed by atoms with Crippen molar-refractivity contribution in [2.24, 2.45) is 0 Å². The van der Waals surface area contributed by atoms with Crippen LogP contribution in [0.15, 0.2) is 17.5 Å². The first-order valence-corrected chi connectivity index (χ1v) is 2.70. The first-order chi connectivity index (χ1) is 3.43. The van der Waals surface area contributed by atoms with Crippen molar-refractivity contribution >= 4 is 16.3 Å². The number of hydrogen-bond donors (Lipinski definition) is 0. The van der Waals surface area contributed by atoms with Gasteiger partial charge in [0.15, 0.2) is 4.98 Å². The molecular formula is C4H3ClN2S. The average molecular weight is 147 g/mol. The summed E-state index contributed by atoms with van der Waals surface area (Å²) in [7, 11) is 0. The van der Waals surface area contributed by atoms with Gasteiger partial charge < -0.3 is 12.4 Å². The van der Waals surface area contributed by atoms with Crippen molar-refractivity contribution in [3.63, 3.8) is 0 Å². The minimum Gasteiger partial charge on any atom is -1.00 e. The third-order valence-corrected chi connectivity index (χ3v) is 1.36. The van der Waals surface area contributed by atoms with E-state index in [1.165, 1.54) is 11.3 Å². The summed E-state index contributed by atoms with van der Waals surface area (Å²) in [4.78, 5) is 2.95. The topological polar surface area (TPSA) is 28.1 Å². The third kappa shape index (κ3) is 1.49. The van der Waals surface area contributed by atoms with Gasteiger partial charge in [-0.3, -0.25) is 0 Å². The van der Waals surface area contributed by atoms with E-state index in [1.54, 1.807) is 6.07 Å². The van der Waals surface area contributed by atoms with Crippen LogP contribution in [0.1, 0.15) is 0 Å². The summed E-state index contributed by atoms with van der Waals surface area (Å²) in [6, 6.07) is 3.57. The van der Waals surface area contributed by atoms with E-state index >= 15 is 0 Å². The number of thiophene rings is 1. The minimum absolute atomic E-state index is 0. The molecular weight excluding hydrogens is 144 g/mol. The highest BCUT2D eigenvalue weighted by Gasteiger charge is 1.99. The van der Waals surface area contributed by atoms with Crippen molar-refractivity contribution in [2.75, 3.05) is 0 Å². The van der Waals surface area contributed by atoms with Gasteiger partial charge in [-0.25, -0.2) is 0 Å². The van der Waals surface area contributed by atoms with E-state index in [4.69, 9.17) is 5.39 Å². The lowest BCUT2D eigenvalue weighted by Crippen LogP contribution is -3.00. The zero-order valence-corrected chi connectivity index (χ0v) is 5.49. The first kappa shape index (κ1) is 7.41. The van der Waals surface area contributed by atoms with E-state index in [0.29, 0.717) is 5.00 Å². The number of diazo groups is 1. The Morgan fingerprint density at radius 2 is 2.38 bits per heavy atom. The van der Waals surface area contributed by atoms with Gasteiger partial charge in [0.05, 0.1) is 0 Å². The van der Waals surface area contributed by atoms with E-state index in [9.17, 15) is 0 Å². The fourth-order valence-corrected chi connectivity index (χ4v) is 0.828. The van der Waals surface area contributed by atoms with Crippen LogP contribution < -0.4 is 12.4 Å². The van der Waals surface area contributed by atoms with Gasteiger partial charge in [-0.15, -0.1) is 0 Å². The SMILES string of the molecule is N#[N+]c1cccs1.[Cl-]. The molecule has 2 nitrogen and oxygen atoms in total. The Hall–Kier alpha value is -0.590. The van der Waals surface area contributed by atoms with Crippen molar-refractivity contribution in [1.29, 1.82) is 5.39 Å². The van der Waals surface area contributed by atoms with Crippen molar-refractivity contribution in [3.8, 4) is 0 Å². The predicted molar refractivity (Wildman–Crippen MR) is 29.1 cm³/mol. The quantitative estimate of drug-likeness (QED) is 0.442. The van der Waals surface area contributed by atoms with E-state index < -0.39 is 0 Å². The Balaban J connectivity index is 0.000000490. The van der Waals surface area contributed by atoms with Gasteiger partial charge in [-0.1, -0.05) is 11.3 Å². The van der Waals surface area contributed by atoms with Crippen LogP contribution in [0.3, 0.4) is 0 Å². The van der Waals surface area contributed by atoms with E-state index in [1.807, 2.05) is 11.4 Å². The van der Waals surface area contributed by atoms with Gasteiger partial charge in [0.2, 0.25) is 5.39 Å². The number of rotatable bonds is 0. The third-order valence-electron chi connectivity index (χ3n) is 0.605. The second-order valence-electron chi connectivity index (χ2n) is 1.05. The summed E-state index contributed by atoms with van der Waals surface area (Å²) in [6.07, 6.45) is 0. The second-order valence-corrected chi connectivity index (χ2v) is 1.98. The maximum absolute atomic E-state index is 8.06. The molecule has 0 aromatic carbocycles. The molecule has 1 heterocycles. The zero-order chi connectivity index (χ0) is 5.11. The van der Waals surface area contributed by atoms with Crippen LogP contribution in [0.2, 0.25) is 0 Å². The highest BCUT2D eigenvalue weighted by Crippen LogP contribution is 2.17. The summed E-state index contributed by atoms with van der Waals surface area (Å²) in [6.45, 7) is 0. The van der Waals surface area contributed by atoms with Crippen LogP contribution in [-0.4, -0.2) is 0 Å². The molecule has 0 N–H and O–H groups in total. The van der Waals surface area contributed by atoms with Gasteiger partial charge in [0.1, 0.15) is 0 Å². The lowest BCUT2D eigenvalue weighted by Gasteiger charge is -1.44. The summed E-state index contributed by atoms with van der Waals surface area (Å²) >= 11 is 1.41. The van der Waals surface area contributed by atoms with Crippen LogP contribution in [-0.2, 0) is 0 Å². The first-order valence-electron chi connectivity index (χ1n) is 1.82. The van der Waals surface area contributed by atoms with Crippen LogP contribution >= 0.6 is 11.3 Å². The molecule has 1 rings (SSSR count). The minimum atomic E-state index is 0. The molecule has 42 valence electrons. The summed E-state index contributed by atoms with van der Waals surface area (Å²) < 4.78 is 0. The molecule has 0 aliphatic rings.